The summed E-state index contributed by atoms with van der Waals surface area (Å²) in [6.07, 6.45) is 4.41. The maximum atomic E-state index is 10.4. The number of nitrogens with zero attached hydrogens (tertiary/aromatic N) is 2. The van der Waals surface area contributed by atoms with Crippen molar-refractivity contribution in [3.63, 3.8) is 0 Å². The number of aldehydes is 1. The van der Waals surface area contributed by atoms with Crippen LogP contribution in [0.2, 0.25) is 0 Å². The minimum absolute atomic E-state index is 0.473. The number of carbonyl (C=O) groups excluding carboxylic acids is 1. The van der Waals surface area contributed by atoms with Gasteiger partial charge in [0.25, 0.3) is 0 Å². The second-order valence-electron chi connectivity index (χ2n) is 2.76. The Bertz CT molecular complexity index is 431. The first-order chi connectivity index (χ1) is 5.79. The Labute approximate surface area is 69.7 Å². The predicted octanol–water partition coefficient (Wildman–Crippen LogP) is 1.46. The van der Waals surface area contributed by atoms with Gasteiger partial charge in [0, 0.05) is 12.4 Å². The maximum absolute atomic E-state index is 10.4. The molecule has 0 N–H and O–H groups in total. The van der Waals surface area contributed by atoms with Gasteiger partial charge in [0.15, 0.2) is 6.29 Å². The second-order valence-corrected chi connectivity index (χ2v) is 2.76. The van der Waals surface area contributed by atoms with Crippen molar-refractivity contribution in [2.45, 2.75) is 6.92 Å². The quantitative estimate of drug-likeness (QED) is 0.592. The molecule has 3 nitrogen and oxygen atoms in total. The summed E-state index contributed by atoms with van der Waals surface area (Å²) in [5.41, 5.74) is 2.43. The molecular weight excluding hydrogens is 152 g/mol. The molecule has 0 aromatic carbocycles. The molecule has 60 valence electrons. The molecule has 0 saturated carbocycles. The van der Waals surface area contributed by atoms with E-state index in [1.165, 1.54) is 0 Å². The Morgan fingerprint density at radius 1 is 1.42 bits per heavy atom. The molecule has 0 saturated heterocycles. The Hall–Kier alpha value is -1.64. The van der Waals surface area contributed by atoms with Crippen molar-refractivity contribution in [2.24, 2.45) is 0 Å². The number of hydrogen-bond donors (Lipinski definition) is 0. The van der Waals surface area contributed by atoms with Crippen LogP contribution in [-0.4, -0.2) is 15.7 Å². The Morgan fingerprint density at radius 2 is 2.25 bits per heavy atom. The normalized spacial score (nSPS) is 10.4. The standard InChI is InChI=1S/C9H8N2O/c1-7-2-3-9-10-8(6-12)5-11(9)4-7/h2-6H,1H3. The van der Waals surface area contributed by atoms with Gasteiger partial charge in [0.2, 0.25) is 0 Å². The highest BCUT2D eigenvalue weighted by molar-refractivity contribution is 5.73. The summed E-state index contributed by atoms with van der Waals surface area (Å²) in [5, 5.41) is 0. The first kappa shape index (κ1) is 7.03. The topological polar surface area (TPSA) is 34.4 Å². The first-order valence-electron chi connectivity index (χ1n) is 3.70. The van der Waals surface area contributed by atoms with Gasteiger partial charge in [-0.3, -0.25) is 4.79 Å². The van der Waals surface area contributed by atoms with Gasteiger partial charge in [-0.25, -0.2) is 4.98 Å². The van der Waals surface area contributed by atoms with Gasteiger partial charge in [-0.15, -0.1) is 0 Å². The highest BCUT2D eigenvalue weighted by Crippen LogP contribution is 2.05. The lowest BCUT2D eigenvalue weighted by molar-refractivity contribution is 0.111. The molecule has 2 heterocycles. The summed E-state index contributed by atoms with van der Waals surface area (Å²) in [6, 6.07) is 3.86. The average molecular weight is 160 g/mol. The van der Waals surface area contributed by atoms with Gasteiger partial charge in [-0.2, -0.15) is 0 Å². The molecule has 2 aromatic heterocycles. The molecular formula is C9H8N2O. The number of aromatic nitrogens is 2. The third-order valence-electron chi connectivity index (χ3n) is 1.74. The Balaban J connectivity index is 2.75. The molecule has 0 fully saturated rings. The summed E-state index contributed by atoms with van der Waals surface area (Å²) in [4.78, 5) is 14.5. The van der Waals surface area contributed by atoms with Gasteiger partial charge in [0.05, 0.1) is 0 Å². The van der Waals surface area contributed by atoms with Crippen LogP contribution in [0.15, 0.2) is 24.5 Å². The maximum Gasteiger partial charge on any atom is 0.170 e. The lowest BCUT2D eigenvalue weighted by Gasteiger charge is -1.92. The molecule has 0 aliphatic rings. The number of aryl methyl sites for hydroxylation is 1. The molecule has 0 radical (unpaired) electrons. The van der Waals surface area contributed by atoms with Gasteiger partial charge in [-0.05, 0) is 18.6 Å². The Morgan fingerprint density at radius 3 is 3.00 bits per heavy atom. The smallest absolute Gasteiger partial charge is 0.170 e. The van der Waals surface area contributed by atoms with Crippen molar-refractivity contribution in [1.29, 1.82) is 0 Å². The number of pyridine rings is 1. The van der Waals surface area contributed by atoms with Gasteiger partial charge in [-0.1, -0.05) is 6.07 Å². The molecule has 0 unspecified atom stereocenters. The van der Waals surface area contributed by atoms with Crippen LogP contribution >= 0.6 is 0 Å². The zero-order valence-electron chi connectivity index (χ0n) is 6.69. The van der Waals surface area contributed by atoms with Crippen molar-refractivity contribution in [2.75, 3.05) is 0 Å². The van der Waals surface area contributed by atoms with E-state index in [1.54, 1.807) is 6.20 Å². The van der Waals surface area contributed by atoms with Crippen LogP contribution in [0.5, 0.6) is 0 Å². The van der Waals surface area contributed by atoms with Crippen LogP contribution in [-0.2, 0) is 0 Å². The van der Waals surface area contributed by atoms with E-state index in [2.05, 4.69) is 4.98 Å². The van der Waals surface area contributed by atoms with E-state index < -0.39 is 0 Å². The third-order valence-corrected chi connectivity index (χ3v) is 1.74. The lowest BCUT2D eigenvalue weighted by Crippen LogP contribution is -1.82. The lowest BCUT2D eigenvalue weighted by atomic mass is 10.3. The molecule has 2 aromatic rings. The molecule has 12 heavy (non-hydrogen) atoms. The van der Waals surface area contributed by atoms with E-state index in [0.29, 0.717) is 5.69 Å². The van der Waals surface area contributed by atoms with Crippen LogP contribution in [0, 0.1) is 6.92 Å². The van der Waals surface area contributed by atoms with Crippen molar-refractivity contribution in [3.8, 4) is 0 Å². The number of carbonyl (C=O) groups is 1. The number of imidazole rings is 1. The number of fused-ring (bicyclic) bond motifs is 1. The minimum Gasteiger partial charge on any atom is -0.306 e. The summed E-state index contributed by atoms with van der Waals surface area (Å²) < 4.78 is 1.85. The fraction of sp³-hybridized carbons (Fsp3) is 0.111. The van der Waals surface area contributed by atoms with E-state index in [-0.39, 0.29) is 0 Å². The van der Waals surface area contributed by atoms with Crippen molar-refractivity contribution >= 4 is 11.9 Å². The molecule has 0 aliphatic heterocycles. The molecule has 0 aliphatic carbocycles. The molecule has 0 bridgehead atoms. The zero-order valence-corrected chi connectivity index (χ0v) is 6.69. The highest BCUT2D eigenvalue weighted by atomic mass is 16.1. The summed E-state index contributed by atoms with van der Waals surface area (Å²) in [7, 11) is 0. The van der Waals surface area contributed by atoms with Gasteiger partial charge < -0.3 is 4.40 Å². The van der Waals surface area contributed by atoms with Crippen LogP contribution in [0.4, 0.5) is 0 Å². The fourth-order valence-electron chi connectivity index (χ4n) is 1.18. The second kappa shape index (κ2) is 2.44. The molecule has 2 rings (SSSR count). The largest absolute Gasteiger partial charge is 0.306 e. The minimum atomic E-state index is 0.473. The van der Waals surface area contributed by atoms with Crippen molar-refractivity contribution in [3.05, 3.63) is 35.8 Å². The number of hydrogen-bond acceptors (Lipinski definition) is 2. The fourth-order valence-corrected chi connectivity index (χ4v) is 1.18. The van der Waals surface area contributed by atoms with Crippen molar-refractivity contribution < 1.29 is 4.79 Å². The molecule has 3 heteroatoms. The number of rotatable bonds is 1. The van der Waals surface area contributed by atoms with Gasteiger partial charge >= 0.3 is 0 Å². The van der Waals surface area contributed by atoms with Crippen molar-refractivity contribution in [1.82, 2.24) is 9.38 Å². The van der Waals surface area contributed by atoms with Crippen LogP contribution < -0.4 is 0 Å². The van der Waals surface area contributed by atoms with Crippen LogP contribution in [0.1, 0.15) is 16.1 Å². The third kappa shape index (κ3) is 0.993. The van der Waals surface area contributed by atoms with E-state index in [0.717, 1.165) is 17.5 Å². The summed E-state index contributed by atoms with van der Waals surface area (Å²) >= 11 is 0. The van der Waals surface area contributed by atoms with E-state index in [9.17, 15) is 4.79 Å². The van der Waals surface area contributed by atoms with E-state index in [1.807, 2.05) is 29.7 Å². The predicted molar refractivity (Wildman–Crippen MR) is 45.3 cm³/mol. The summed E-state index contributed by atoms with van der Waals surface area (Å²) in [5.74, 6) is 0. The van der Waals surface area contributed by atoms with E-state index in [4.69, 9.17) is 0 Å². The van der Waals surface area contributed by atoms with E-state index >= 15 is 0 Å². The Kier molecular flexibility index (Phi) is 1.43. The molecule has 0 atom stereocenters. The van der Waals surface area contributed by atoms with Gasteiger partial charge in [0.1, 0.15) is 11.3 Å². The SMILES string of the molecule is Cc1ccc2nc(C=O)cn2c1. The monoisotopic (exact) mass is 160 g/mol. The average Bonchev–Trinajstić information content (AvgIpc) is 2.46. The summed E-state index contributed by atoms with van der Waals surface area (Å²) in [6.45, 7) is 2.00. The van der Waals surface area contributed by atoms with Crippen LogP contribution in [0.3, 0.4) is 0 Å². The zero-order chi connectivity index (χ0) is 8.55. The first-order valence-corrected chi connectivity index (χ1v) is 3.70. The van der Waals surface area contributed by atoms with Crippen LogP contribution in [0.25, 0.3) is 5.65 Å². The molecule has 0 amide bonds. The highest BCUT2D eigenvalue weighted by Gasteiger charge is 1.98. The molecule has 0 spiro atoms.